The number of halogens is 2. The van der Waals surface area contributed by atoms with Gasteiger partial charge in [-0.05, 0) is 58.2 Å². The number of amides is 1. The number of aromatic nitrogens is 2. The number of carbonyl (C=O) groups is 1. The third-order valence-electron chi connectivity index (χ3n) is 6.21. The van der Waals surface area contributed by atoms with Gasteiger partial charge in [-0.1, -0.05) is 11.6 Å². The Hall–Kier alpha value is -2.76. The number of benzene rings is 2. The molecule has 1 saturated heterocycles. The predicted molar refractivity (Wildman–Crippen MR) is 128 cm³/mol. The molecule has 5 rings (SSSR count). The van der Waals surface area contributed by atoms with Gasteiger partial charge in [-0.25, -0.2) is 8.42 Å². The summed E-state index contributed by atoms with van der Waals surface area (Å²) in [6.45, 7) is 0. The molecular formula is C22H19BrClN3O6S. The minimum absolute atomic E-state index is 0.00904. The highest BCUT2D eigenvalue weighted by Gasteiger charge is 2.48. The average molecular weight is 569 g/mol. The van der Waals surface area contributed by atoms with Crippen LogP contribution in [-0.4, -0.2) is 64.3 Å². The molecule has 1 aromatic heterocycles. The van der Waals surface area contributed by atoms with E-state index in [1.807, 2.05) is 0 Å². The standard InChI is InChI=1S/C22H19BrClN3O6S/c1-33-16-7-10(6-14(23)21(16)29)20-17-18(13-8-11(24)2-3-15(13)28)25-26-19(17)22(30)27(20)12-4-5-34(31,32)9-12/h2-3,6-8,12,20,28-29H,4-5,9H2,1H3,(H,25,26). The summed E-state index contributed by atoms with van der Waals surface area (Å²) in [5.41, 5.74) is 1.90. The van der Waals surface area contributed by atoms with Gasteiger partial charge < -0.3 is 19.8 Å². The first-order valence-corrected chi connectivity index (χ1v) is 13.3. The lowest BCUT2D eigenvalue weighted by molar-refractivity contribution is 0.0677. The van der Waals surface area contributed by atoms with E-state index in [9.17, 15) is 23.4 Å². The monoisotopic (exact) mass is 567 g/mol. The predicted octanol–water partition coefficient (Wildman–Crippen LogP) is 3.64. The molecule has 9 nitrogen and oxygen atoms in total. The smallest absolute Gasteiger partial charge is 0.273 e. The zero-order valence-corrected chi connectivity index (χ0v) is 20.9. The van der Waals surface area contributed by atoms with Crippen LogP contribution in [0.1, 0.15) is 34.1 Å². The molecule has 0 saturated carbocycles. The highest BCUT2D eigenvalue weighted by molar-refractivity contribution is 9.10. The maximum atomic E-state index is 13.6. The third-order valence-corrected chi connectivity index (χ3v) is 8.80. The van der Waals surface area contributed by atoms with Crippen molar-refractivity contribution in [1.29, 1.82) is 0 Å². The number of methoxy groups -OCH3 is 1. The second kappa shape index (κ2) is 8.17. The van der Waals surface area contributed by atoms with E-state index in [0.717, 1.165) is 0 Å². The number of nitrogens with one attached hydrogen (secondary N) is 1. The van der Waals surface area contributed by atoms with Gasteiger partial charge in [0.15, 0.2) is 21.3 Å². The van der Waals surface area contributed by atoms with Gasteiger partial charge >= 0.3 is 0 Å². The summed E-state index contributed by atoms with van der Waals surface area (Å²) in [7, 11) is -1.88. The normalized spacial score (nSPS) is 21.1. The SMILES string of the molecule is COc1cc(C2c3c(-c4cc(Cl)ccc4O)n[nH]c3C(=O)N2C2CCS(=O)(=O)C2)cc(Br)c1O. The van der Waals surface area contributed by atoms with Gasteiger partial charge in [-0.2, -0.15) is 5.10 Å². The molecule has 1 amide bonds. The average Bonchev–Trinajstić information content (AvgIpc) is 3.45. The first kappa shape index (κ1) is 23.0. The Morgan fingerprint density at radius 3 is 2.71 bits per heavy atom. The lowest BCUT2D eigenvalue weighted by Crippen LogP contribution is -2.40. The van der Waals surface area contributed by atoms with Gasteiger partial charge in [-0.3, -0.25) is 9.89 Å². The first-order valence-electron chi connectivity index (χ1n) is 10.3. The summed E-state index contributed by atoms with van der Waals surface area (Å²) in [6, 6.07) is 6.46. The second-order valence-electron chi connectivity index (χ2n) is 8.25. The highest BCUT2D eigenvalue weighted by atomic mass is 79.9. The number of rotatable bonds is 4. The van der Waals surface area contributed by atoms with E-state index in [1.165, 1.54) is 24.1 Å². The summed E-state index contributed by atoms with van der Waals surface area (Å²) in [4.78, 5) is 15.1. The summed E-state index contributed by atoms with van der Waals surface area (Å²) in [5, 5.41) is 28.3. The van der Waals surface area contributed by atoms with E-state index in [2.05, 4.69) is 26.1 Å². The molecule has 0 radical (unpaired) electrons. The number of H-pyrrole nitrogens is 1. The number of aromatic hydroxyl groups is 2. The number of ether oxygens (including phenoxy) is 1. The van der Waals surface area contributed by atoms with Gasteiger partial charge in [0.2, 0.25) is 0 Å². The van der Waals surface area contributed by atoms with Crippen molar-refractivity contribution in [3.8, 4) is 28.5 Å². The minimum Gasteiger partial charge on any atom is -0.507 e. The number of fused-ring (bicyclic) bond motifs is 1. The Morgan fingerprint density at radius 1 is 1.26 bits per heavy atom. The lowest BCUT2D eigenvalue weighted by atomic mass is 9.94. The molecule has 3 heterocycles. The number of hydrogen-bond acceptors (Lipinski definition) is 7. The number of phenols is 2. The molecular weight excluding hydrogens is 550 g/mol. The van der Waals surface area contributed by atoms with Gasteiger partial charge in [0.25, 0.3) is 5.91 Å². The number of hydrogen-bond donors (Lipinski definition) is 3. The van der Waals surface area contributed by atoms with Crippen molar-refractivity contribution in [2.45, 2.75) is 18.5 Å². The Morgan fingerprint density at radius 2 is 2.03 bits per heavy atom. The molecule has 12 heteroatoms. The Labute approximate surface area is 208 Å². The van der Waals surface area contributed by atoms with Crippen molar-refractivity contribution in [3.63, 3.8) is 0 Å². The van der Waals surface area contributed by atoms with Crippen LogP contribution in [0, 0.1) is 0 Å². The molecule has 2 unspecified atom stereocenters. The molecule has 2 aliphatic heterocycles. The Kier molecular flexibility index (Phi) is 5.53. The van der Waals surface area contributed by atoms with Crippen molar-refractivity contribution in [2.75, 3.05) is 18.6 Å². The molecule has 178 valence electrons. The first-order chi connectivity index (χ1) is 16.1. The lowest BCUT2D eigenvalue weighted by Gasteiger charge is -2.31. The number of sulfone groups is 1. The van der Waals surface area contributed by atoms with Crippen LogP contribution in [0.5, 0.6) is 17.2 Å². The second-order valence-corrected chi connectivity index (χ2v) is 11.8. The summed E-state index contributed by atoms with van der Waals surface area (Å²) in [6.07, 6.45) is 0.302. The summed E-state index contributed by atoms with van der Waals surface area (Å²) in [5.74, 6) is -0.557. The number of phenolic OH excluding ortho intramolecular Hbond substituents is 2. The minimum atomic E-state index is -3.29. The van der Waals surface area contributed by atoms with Crippen molar-refractivity contribution in [2.24, 2.45) is 0 Å². The molecule has 0 spiro atoms. The molecule has 2 aromatic carbocycles. The summed E-state index contributed by atoms with van der Waals surface area (Å²) >= 11 is 9.49. The zero-order valence-electron chi connectivity index (χ0n) is 17.7. The van der Waals surface area contributed by atoms with Crippen LogP contribution in [0.3, 0.4) is 0 Å². The maximum Gasteiger partial charge on any atom is 0.273 e. The number of carbonyl (C=O) groups excluding carboxylic acids is 1. The van der Waals surface area contributed by atoms with E-state index < -0.39 is 27.8 Å². The van der Waals surface area contributed by atoms with Crippen molar-refractivity contribution in [3.05, 3.63) is 56.6 Å². The van der Waals surface area contributed by atoms with Crippen LogP contribution in [0.25, 0.3) is 11.3 Å². The van der Waals surface area contributed by atoms with Crippen LogP contribution in [0.15, 0.2) is 34.8 Å². The van der Waals surface area contributed by atoms with Crippen molar-refractivity contribution in [1.82, 2.24) is 15.1 Å². The molecule has 3 aromatic rings. The van der Waals surface area contributed by atoms with Crippen LogP contribution >= 0.6 is 27.5 Å². The molecule has 34 heavy (non-hydrogen) atoms. The molecule has 0 aliphatic carbocycles. The van der Waals surface area contributed by atoms with E-state index in [0.29, 0.717) is 38.3 Å². The molecule has 3 N–H and O–H groups in total. The fourth-order valence-corrected chi connectivity index (χ4v) is 7.02. The summed E-state index contributed by atoms with van der Waals surface area (Å²) < 4.78 is 30.2. The molecule has 2 aliphatic rings. The van der Waals surface area contributed by atoms with E-state index >= 15 is 0 Å². The highest BCUT2D eigenvalue weighted by Crippen LogP contribution is 2.49. The van der Waals surface area contributed by atoms with E-state index in [1.54, 1.807) is 18.2 Å². The van der Waals surface area contributed by atoms with Gasteiger partial charge in [-0.15, -0.1) is 0 Å². The molecule has 2 atom stereocenters. The number of aromatic amines is 1. The third kappa shape index (κ3) is 3.62. The Bertz CT molecular complexity index is 1440. The molecule has 0 bridgehead atoms. The maximum absolute atomic E-state index is 13.6. The number of nitrogens with zero attached hydrogens (tertiary/aromatic N) is 2. The van der Waals surface area contributed by atoms with Crippen LogP contribution in [0.4, 0.5) is 0 Å². The topological polar surface area (TPSA) is 133 Å². The van der Waals surface area contributed by atoms with Gasteiger partial charge in [0.1, 0.15) is 17.1 Å². The van der Waals surface area contributed by atoms with Gasteiger partial charge in [0.05, 0.1) is 29.1 Å². The fraction of sp³-hybridized carbons (Fsp3) is 0.273. The van der Waals surface area contributed by atoms with E-state index in [-0.39, 0.29) is 34.4 Å². The zero-order chi connectivity index (χ0) is 24.4. The van der Waals surface area contributed by atoms with Crippen molar-refractivity contribution < 1.29 is 28.2 Å². The van der Waals surface area contributed by atoms with Gasteiger partial charge in [0, 0.05) is 22.2 Å². The van der Waals surface area contributed by atoms with Crippen LogP contribution in [-0.2, 0) is 9.84 Å². The quantitative estimate of drug-likeness (QED) is 0.438. The fourth-order valence-electron chi connectivity index (χ4n) is 4.67. The molecule has 1 fully saturated rings. The van der Waals surface area contributed by atoms with Crippen LogP contribution in [0.2, 0.25) is 5.02 Å². The Balaban J connectivity index is 1.74. The van der Waals surface area contributed by atoms with E-state index in [4.69, 9.17) is 16.3 Å². The largest absolute Gasteiger partial charge is 0.507 e. The van der Waals surface area contributed by atoms with Crippen molar-refractivity contribution >= 4 is 43.3 Å². The van der Waals surface area contributed by atoms with Crippen LogP contribution < -0.4 is 4.74 Å².